The highest BCUT2D eigenvalue weighted by Gasteiger charge is 2.51. The molecular formula is C16H23N5O. The van der Waals surface area contributed by atoms with Crippen LogP contribution in [0.1, 0.15) is 24.8 Å². The number of carbonyl (C=O) groups is 1. The maximum Gasteiger partial charge on any atom is 0.246 e. The Bertz CT molecular complexity index is 601. The van der Waals surface area contributed by atoms with Crippen molar-refractivity contribution in [2.24, 2.45) is 0 Å². The van der Waals surface area contributed by atoms with Crippen molar-refractivity contribution in [3.05, 3.63) is 30.5 Å². The lowest BCUT2D eigenvalue weighted by Gasteiger charge is -2.32. The number of amides is 1. The van der Waals surface area contributed by atoms with Crippen LogP contribution in [0.2, 0.25) is 0 Å². The molecule has 1 spiro atoms. The van der Waals surface area contributed by atoms with Crippen molar-refractivity contribution in [2.45, 2.75) is 24.8 Å². The van der Waals surface area contributed by atoms with Gasteiger partial charge in [0.1, 0.15) is 11.7 Å². The minimum atomic E-state index is -0.0931. The van der Waals surface area contributed by atoms with Gasteiger partial charge in [0, 0.05) is 32.9 Å². The molecule has 1 aromatic heterocycles. The van der Waals surface area contributed by atoms with Gasteiger partial charge >= 0.3 is 0 Å². The summed E-state index contributed by atoms with van der Waals surface area (Å²) in [6, 6.07) is 1.92. The van der Waals surface area contributed by atoms with E-state index in [4.69, 9.17) is 5.41 Å². The molecule has 1 saturated carbocycles. The molecule has 6 heteroatoms. The van der Waals surface area contributed by atoms with Crippen LogP contribution in [0.5, 0.6) is 0 Å². The number of anilines is 1. The minimum Gasteiger partial charge on any atom is -0.374 e. The summed E-state index contributed by atoms with van der Waals surface area (Å²) in [5.74, 6) is 1.39. The molecule has 0 atom stereocenters. The van der Waals surface area contributed by atoms with E-state index >= 15 is 0 Å². The molecule has 0 radical (unpaired) electrons. The fourth-order valence-electron chi connectivity index (χ4n) is 3.34. The van der Waals surface area contributed by atoms with Crippen LogP contribution in [-0.2, 0) is 4.79 Å². The highest BCUT2D eigenvalue weighted by molar-refractivity contribution is 6.01. The Balaban J connectivity index is 1.81. The number of H-pyrrole nitrogens is 1. The number of hydrogen-bond acceptors (Lipinski definition) is 3. The summed E-state index contributed by atoms with van der Waals surface area (Å²) in [5.41, 5.74) is 0.784. The highest BCUT2D eigenvalue weighted by Crippen LogP contribution is 2.44. The van der Waals surface area contributed by atoms with E-state index in [1.807, 2.05) is 24.2 Å². The van der Waals surface area contributed by atoms with Gasteiger partial charge in [-0.3, -0.25) is 10.2 Å². The van der Waals surface area contributed by atoms with E-state index in [1.165, 1.54) is 6.08 Å². The predicted molar refractivity (Wildman–Crippen MR) is 87.2 cm³/mol. The normalized spacial score (nSPS) is 19.7. The number of rotatable bonds is 3. The number of nitrogens with zero attached hydrogens (tertiary/aromatic N) is 2. The summed E-state index contributed by atoms with van der Waals surface area (Å²) < 4.78 is 0. The lowest BCUT2D eigenvalue weighted by atomic mass is 10.2. The van der Waals surface area contributed by atoms with Crippen LogP contribution in [0.4, 0.5) is 5.82 Å². The molecule has 1 aromatic rings. The predicted octanol–water partition coefficient (Wildman–Crippen LogP) is 1.63. The van der Waals surface area contributed by atoms with E-state index in [0.717, 1.165) is 50.3 Å². The Morgan fingerprint density at radius 2 is 2.27 bits per heavy atom. The molecule has 0 unspecified atom stereocenters. The van der Waals surface area contributed by atoms with Gasteiger partial charge in [0.25, 0.3) is 0 Å². The molecule has 3 rings (SSSR count). The summed E-state index contributed by atoms with van der Waals surface area (Å²) in [4.78, 5) is 19.3. The van der Waals surface area contributed by atoms with Crippen LogP contribution >= 0.6 is 0 Å². The van der Waals surface area contributed by atoms with Gasteiger partial charge in [-0.2, -0.15) is 0 Å². The van der Waals surface area contributed by atoms with Crippen molar-refractivity contribution >= 4 is 17.6 Å². The number of amidine groups is 1. The van der Waals surface area contributed by atoms with Gasteiger partial charge in [0.2, 0.25) is 5.91 Å². The van der Waals surface area contributed by atoms with Gasteiger partial charge in [-0.15, -0.1) is 0 Å². The molecule has 1 saturated heterocycles. The van der Waals surface area contributed by atoms with Crippen LogP contribution in [0, 0.1) is 5.41 Å². The first kappa shape index (κ1) is 14.7. The van der Waals surface area contributed by atoms with Crippen LogP contribution in [0.25, 0.3) is 0 Å². The molecule has 6 nitrogen and oxygen atoms in total. The molecular weight excluding hydrogens is 278 g/mol. The summed E-state index contributed by atoms with van der Waals surface area (Å²) >= 11 is 0. The molecule has 2 heterocycles. The van der Waals surface area contributed by atoms with Gasteiger partial charge in [0.15, 0.2) is 0 Å². The molecule has 22 heavy (non-hydrogen) atoms. The summed E-state index contributed by atoms with van der Waals surface area (Å²) in [6.07, 6.45) is 6.16. The second-order valence-corrected chi connectivity index (χ2v) is 6.06. The summed E-state index contributed by atoms with van der Waals surface area (Å²) in [6.45, 7) is 5.91. The quantitative estimate of drug-likeness (QED) is 0.451. The SMILES string of the molecule is C=CC(=O)N1CCCN(C(=N)c2cc[nH]c2NC)CC12CC2. The second-order valence-electron chi connectivity index (χ2n) is 6.06. The van der Waals surface area contributed by atoms with E-state index in [0.29, 0.717) is 5.84 Å². The standard InChI is InChI=1S/C16H23N5O/c1-3-13(22)21-10-4-9-20(11-16(21)6-7-16)14(17)12-5-8-19-15(12)18-2/h3,5,8,17-19H,1,4,6-7,9-11H2,2H3. The fourth-order valence-corrected chi connectivity index (χ4v) is 3.34. The van der Waals surface area contributed by atoms with Crippen LogP contribution in [0.3, 0.4) is 0 Å². The molecule has 2 aliphatic rings. The van der Waals surface area contributed by atoms with Crippen LogP contribution in [-0.4, -0.2) is 58.7 Å². The Morgan fingerprint density at radius 3 is 2.91 bits per heavy atom. The number of aromatic amines is 1. The molecule has 1 aliphatic carbocycles. The lowest BCUT2D eigenvalue weighted by molar-refractivity contribution is -0.128. The third kappa shape index (κ3) is 2.38. The maximum atomic E-state index is 12.1. The van der Waals surface area contributed by atoms with Crippen molar-refractivity contribution in [2.75, 3.05) is 32.0 Å². The molecule has 2 fully saturated rings. The Hall–Kier alpha value is -2.24. The highest BCUT2D eigenvalue weighted by atomic mass is 16.2. The van der Waals surface area contributed by atoms with Gasteiger partial charge in [-0.1, -0.05) is 6.58 Å². The van der Waals surface area contributed by atoms with Crippen molar-refractivity contribution in [1.82, 2.24) is 14.8 Å². The van der Waals surface area contributed by atoms with Crippen LogP contribution < -0.4 is 5.32 Å². The largest absolute Gasteiger partial charge is 0.374 e. The van der Waals surface area contributed by atoms with Gasteiger partial charge < -0.3 is 20.1 Å². The number of nitrogens with one attached hydrogen (secondary N) is 3. The number of carbonyl (C=O) groups excluding carboxylic acids is 1. The average molecular weight is 301 g/mol. The first-order valence-electron chi connectivity index (χ1n) is 7.74. The monoisotopic (exact) mass is 301 g/mol. The Morgan fingerprint density at radius 1 is 1.50 bits per heavy atom. The molecule has 1 aliphatic heterocycles. The Kier molecular flexibility index (Phi) is 3.68. The van der Waals surface area contributed by atoms with Crippen molar-refractivity contribution < 1.29 is 4.79 Å². The fraction of sp³-hybridized carbons (Fsp3) is 0.500. The average Bonchev–Trinajstić information content (AvgIpc) is 3.20. The van der Waals surface area contributed by atoms with E-state index in [-0.39, 0.29) is 11.4 Å². The molecule has 118 valence electrons. The topological polar surface area (TPSA) is 75.2 Å². The van der Waals surface area contributed by atoms with Gasteiger partial charge in [-0.05, 0) is 31.4 Å². The molecule has 1 amide bonds. The van der Waals surface area contributed by atoms with Crippen molar-refractivity contribution in [1.29, 1.82) is 5.41 Å². The molecule has 0 bridgehead atoms. The number of aromatic nitrogens is 1. The molecule has 3 N–H and O–H groups in total. The first-order chi connectivity index (χ1) is 10.6. The minimum absolute atomic E-state index is 0.0171. The van der Waals surface area contributed by atoms with E-state index in [1.54, 1.807) is 0 Å². The summed E-state index contributed by atoms with van der Waals surface area (Å²) in [5, 5.41) is 11.6. The first-order valence-corrected chi connectivity index (χ1v) is 7.74. The van der Waals surface area contributed by atoms with Crippen molar-refractivity contribution in [3.63, 3.8) is 0 Å². The van der Waals surface area contributed by atoms with Crippen LogP contribution in [0.15, 0.2) is 24.9 Å². The third-order valence-corrected chi connectivity index (χ3v) is 4.70. The van der Waals surface area contributed by atoms with E-state index < -0.39 is 0 Å². The number of hydrogen-bond donors (Lipinski definition) is 3. The third-order valence-electron chi connectivity index (χ3n) is 4.70. The maximum absolute atomic E-state index is 12.1. The zero-order chi connectivity index (χ0) is 15.7. The van der Waals surface area contributed by atoms with Gasteiger partial charge in [-0.25, -0.2) is 0 Å². The lowest BCUT2D eigenvalue weighted by Crippen LogP contribution is -2.47. The zero-order valence-electron chi connectivity index (χ0n) is 13.0. The van der Waals surface area contributed by atoms with Gasteiger partial charge in [0.05, 0.1) is 11.1 Å². The van der Waals surface area contributed by atoms with E-state index in [2.05, 4.69) is 21.8 Å². The molecule has 0 aromatic carbocycles. The van der Waals surface area contributed by atoms with Crippen molar-refractivity contribution in [3.8, 4) is 0 Å². The summed E-state index contributed by atoms with van der Waals surface area (Å²) in [7, 11) is 1.85. The smallest absolute Gasteiger partial charge is 0.246 e. The zero-order valence-corrected chi connectivity index (χ0v) is 13.0. The second kappa shape index (κ2) is 5.51. The van der Waals surface area contributed by atoms with E-state index in [9.17, 15) is 4.79 Å². The Labute approximate surface area is 130 Å².